The predicted octanol–water partition coefficient (Wildman–Crippen LogP) is -0.101. The van der Waals surface area contributed by atoms with Crippen LogP contribution in [0.2, 0.25) is 0 Å². The Bertz CT molecular complexity index is 97.7. The number of ether oxygens (including phenoxy) is 1. The predicted molar refractivity (Wildman–Crippen MR) is 46.1 cm³/mol. The van der Waals surface area contributed by atoms with Crippen molar-refractivity contribution in [3.63, 3.8) is 0 Å². The van der Waals surface area contributed by atoms with Crippen LogP contribution in [0.1, 0.15) is 6.92 Å². The molecule has 0 bridgehead atoms. The van der Waals surface area contributed by atoms with Gasteiger partial charge in [-0.1, -0.05) is 12.2 Å². The van der Waals surface area contributed by atoms with Gasteiger partial charge in [0.05, 0.1) is 18.2 Å². The van der Waals surface area contributed by atoms with Crippen LogP contribution in [0, 0.1) is 0 Å². The van der Waals surface area contributed by atoms with Gasteiger partial charge in [-0.15, -0.1) is 0 Å². The summed E-state index contributed by atoms with van der Waals surface area (Å²) in [7, 11) is 0. The van der Waals surface area contributed by atoms with Gasteiger partial charge in [0.2, 0.25) is 0 Å². The molecule has 0 aromatic rings. The smallest absolute Gasteiger partial charge is 0.0722 e. The monoisotopic (exact) mass is 162 g/mol. The van der Waals surface area contributed by atoms with E-state index in [4.69, 9.17) is 22.7 Å². The summed E-state index contributed by atoms with van der Waals surface area (Å²) in [5.41, 5.74) is 5.20. The van der Waals surface area contributed by atoms with E-state index in [1.54, 1.807) is 0 Å². The molecule has 0 spiro atoms. The first-order chi connectivity index (χ1) is 4.77. The maximum Gasteiger partial charge on any atom is 0.0722 e. The Kier molecular flexibility index (Phi) is 6.79. The van der Waals surface area contributed by atoms with E-state index in [1.807, 2.05) is 6.92 Å². The van der Waals surface area contributed by atoms with Crippen molar-refractivity contribution < 1.29 is 4.74 Å². The highest BCUT2D eigenvalue weighted by Crippen LogP contribution is 1.71. The molecule has 0 heterocycles. The zero-order chi connectivity index (χ0) is 7.82. The Morgan fingerprint density at radius 2 is 2.30 bits per heavy atom. The first-order valence-electron chi connectivity index (χ1n) is 3.29. The van der Waals surface area contributed by atoms with Crippen molar-refractivity contribution in [1.29, 1.82) is 0 Å². The number of hydrogen-bond acceptors (Lipinski definition) is 3. The molecule has 0 aliphatic rings. The Morgan fingerprint density at radius 3 is 2.80 bits per heavy atom. The minimum Gasteiger partial charge on any atom is -0.378 e. The largest absolute Gasteiger partial charge is 0.378 e. The van der Waals surface area contributed by atoms with Gasteiger partial charge in [-0.05, 0) is 6.92 Å². The minimum absolute atomic E-state index is 0.580. The number of thiocarbonyl (C=S) groups is 1. The molecule has 0 radical (unpaired) electrons. The van der Waals surface area contributed by atoms with Crippen molar-refractivity contribution in [3.8, 4) is 0 Å². The summed E-state index contributed by atoms with van der Waals surface area (Å²) >= 11 is 4.78. The number of nitrogens with one attached hydrogen (secondary N) is 1. The third kappa shape index (κ3) is 7.81. The van der Waals surface area contributed by atoms with Crippen molar-refractivity contribution in [2.75, 3.05) is 26.3 Å². The lowest BCUT2D eigenvalue weighted by Gasteiger charge is -2.03. The third-order valence-electron chi connectivity index (χ3n) is 0.883. The van der Waals surface area contributed by atoms with Crippen LogP contribution in [0.15, 0.2) is 0 Å². The van der Waals surface area contributed by atoms with Crippen molar-refractivity contribution in [1.82, 2.24) is 5.32 Å². The van der Waals surface area contributed by atoms with Gasteiger partial charge >= 0.3 is 0 Å². The van der Waals surface area contributed by atoms with Crippen molar-refractivity contribution >= 4 is 17.2 Å². The summed E-state index contributed by atoms with van der Waals surface area (Å²) < 4.78 is 5.09. The van der Waals surface area contributed by atoms with Gasteiger partial charge in [0.25, 0.3) is 0 Å². The summed E-state index contributed by atoms with van der Waals surface area (Å²) in [4.78, 5) is 0.802. The summed E-state index contributed by atoms with van der Waals surface area (Å²) in [6.45, 7) is 4.49. The van der Waals surface area contributed by atoms with Gasteiger partial charge in [0.1, 0.15) is 0 Å². The molecule has 0 unspecified atom stereocenters. The van der Waals surface area contributed by atoms with Crippen LogP contribution in [-0.4, -0.2) is 31.3 Å². The van der Waals surface area contributed by atoms with Gasteiger partial charge in [0.15, 0.2) is 0 Å². The highest BCUT2D eigenvalue weighted by atomic mass is 32.1. The van der Waals surface area contributed by atoms with Crippen molar-refractivity contribution in [3.05, 3.63) is 0 Å². The molecule has 0 amide bonds. The second-order valence-corrected chi connectivity index (χ2v) is 2.50. The Balaban J connectivity index is 2.84. The fraction of sp³-hybridized carbons (Fsp3) is 0.833. The summed E-state index contributed by atoms with van der Waals surface area (Å²) in [5, 5.41) is 2.97. The molecule has 3 N–H and O–H groups in total. The molecule has 0 fully saturated rings. The number of rotatable bonds is 5. The van der Waals surface area contributed by atoms with E-state index in [-0.39, 0.29) is 0 Å². The Hall–Kier alpha value is -0.190. The van der Waals surface area contributed by atoms with Gasteiger partial charge in [-0.25, -0.2) is 0 Å². The van der Waals surface area contributed by atoms with E-state index >= 15 is 0 Å². The molecule has 3 nitrogen and oxygen atoms in total. The highest BCUT2D eigenvalue weighted by molar-refractivity contribution is 7.80. The lowest BCUT2D eigenvalue weighted by Crippen LogP contribution is -2.24. The molecule has 0 atom stereocenters. The molecule has 0 aliphatic heterocycles. The van der Waals surface area contributed by atoms with Gasteiger partial charge in [-0.2, -0.15) is 0 Å². The fourth-order valence-electron chi connectivity index (χ4n) is 0.485. The van der Waals surface area contributed by atoms with Crippen LogP contribution in [0.4, 0.5) is 0 Å². The zero-order valence-electron chi connectivity index (χ0n) is 6.22. The van der Waals surface area contributed by atoms with Crippen LogP contribution >= 0.6 is 12.2 Å². The minimum atomic E-state index is 0.580. The molecule has 4 heteroatoms. The van der Waals surface area contributed by atoms with Crippen molar-refractivity contribution in [2.24, 2.45) is 5.73 Å². The highest BCUT2D eigenvalue weighted by Gasteiger charge is 1.86. The van der Waals surface area contributed by atoms with Crippen LogP contribution in [-0.2, 0) is 4.74 Å². The van der Waals surface area contributed by atoms with E-state index in [9.17, 15) is 0 Å². The molecule has 10 heavy (non-hydrogen) atoms. The molecule has 0 saturated carbocycles. The molecule has 0 aliphatic carbocycles. The molecular weight excluding hydrogens is 148 g/mol. The van der Waals surface area contributed by atoms with Crippen LogP contribution in [0.25, 0.3) is 0 Å². The number of hydrogen-bond donors (Lipinski definition) is 2. The Morgan fingerprint density at radius 1 is 1.60 bits per heavy atom. The molecule has 0 rings (SSSR count). The van der Waals surface area contributed by atoms with Crippen LogP contribution < -0.4 is 11.1 Å². The maximum absolute atomic E-state index is 5.20. The average molecular weight is 162 g/mol. The maximum atomic E-state index is 5.20. The van der Waals surface area contributed by atoms with E-state index in [0.717, 1.165) is 11.5 Å². The van der Waals surface area contributed by atoms with E-state index in [0.29, 0.717) is 19.8 Å². The summed E-state index contributed by atoms with van der Waals surface area (Å²) in [6, 6.07) is 0. The SMILES string of the molecule is CC(=S)NCCOCCN. The zero-order valence-corrected chi connectivity index (χ0v) is 7.04. The first kappa shape index (κ1) is 9.81. The lowest BCUT2D eigenvalue weighted by atomic mass is 10.6. The van der Waals surface area contributed by atoms with Gasteiger partial charge < -0.3 is 15.8 Å². The second-order valence-electron chi connectivity index (χ2n) is 1.88. The quantitative estimate of drug-likeness (QED) is 0.438. The van der Waals surface area contributed by atoms with E-state index < -0.39 is 0 Å². The topological polar surface area (TPSA) is 47.3 Å². The average Bonchev–Trinajstić information content (AvgIpc) is 1.87. The van der Waals surface area contributed by atoms with E-state index in [1.165, 1.54) is 0 Å². The Labute approximate surface area is 66.9 Å². The first-order valence-corrected chi connectivity index (χ1v) is 3.70. The van der Waals surface area contributed by atoms with E-state index in [2.05, 4.69) is 5.32 Å². The van der Waals surface area contributed by atoms with Gasteiger partial charge in [-0.3, -0.25) is 0 Å². The van der Waals surface area contributed by atoms with Gasteiger partial charge in [0, 0.05) is 13.1 Å². The number of nitrogens with two attached hydrogens (primary N) is 1. The second kappa shape index (κ2) is 6.92. The third-order valence-corrected chi connectivity index (χ3v) is 1.03. The summed E-state index contributed by atoms with van der Waals surface area (Å²) in [6.07, 6.45) is 0. The van der Waals surface area contributed by atoms with Crippen LogP contribution in [0.3, 0.4) is 0 Å². The summed E-state index contributed by atoms with van der Waals surface area (Å²) in [5.74, 6) is 0. The fourth-order valence-corrected chi connectivity index (χ4v) is 0.587. The molecule has 0 aromatic carbocycles. The normalized spacial score (nSPS) is 9.40. The molecule has 60 valence electrons. The lowest BCUT2D eigenvalue weighted by molar-refractivity contribution is 0.146. The van der Waals surface area contributed by atoms with Crippen molar-refractivity contribution in [2.45, 2.75) is 6.92 Å². The molecule has 0 saturated heterocycles. The molecule has 0 aromatic heterocycles. The van der Waals surface area contributed by atoms with Crippen LogP contribution in [0.5, 0.6) is 0 Å². The standard InChI is InChI=1S/C6H14N2OS/c1-6(10)8-3-5-9-4-2-7/h2-5,7H2,1H3,(H,8,10). The molecular formula is C6H14N2OS.